The third kappa shape index (κ3) is 3.94. The van der Waals surface area contributed by atoms with Crippen LogP contribution in [-0.4, -0.2) is 34.0 Å². The van der Waals surface area contributed by atoms with Gasteiger partial charge in [0.2, 0.25) is 5.91 Å². The van der Waals surface area contributed by atoms with Crippen LogP contribution in [0.4, 0.5) is 4.39 Å². The number of phenols is 1. The molecule has 0 radical (unpaired) electrons. The molecule has 0 spiro atoms. The maximum absolute atomic E-state index is 13.4. The standard InChI is InChI=1S/C12H13FN2O5/c13-6-2-1-3-8(16)10(6)11(18)15-7(12(19)20)4-5-9(14)17/h1-3,7,16H,4-5H2,(H2,14,17)(H,15,18)(H,19,20). The van der Waals surface area contributed by atoms with Crippen molar-refractivity contribution < 1.29 is 29.0 Å². The van der Waals surface area contributed by atoms with Gasteiger partial charge in [-0.15, -0.1) is 0 Å². The second-order valence-corrected chi connectivity index (χ2v) is 4.00. The van der Waals surface area contributed by atoms with Crippen molar-refractivity contribution in [2.45, 2.75) is 18.9 Å². The monoisotopic (exact) mass is 284 g/mol. The first-order chi connectivity index (χ1) is 9.32. The van der Waals surface area contributed by atoms with Crippen LogP contribution >= 0.6 is 0 Å². The summed E-state index contributed by atoms with van der Waals surface area (Å²) in [6.07, 6.45) is -0.480. The SMILES string of the molecule is NC(=O)CCC(NC(=O)c1c(O)cccc1F)C(=O)O. The zero-order chi connectivity index (χ0) is 15.3. The van der Waals surface area contributed by atoms with Gasteiger partial charge in [-0.1, -0.05) is 6.07 Å². The number of benzene rings is 1. The summed E-state index contributed by atoms with van der Waals surface area (Å²) in [5.41, 5.74) is 4.23. The molecule has 1 rings (SSSR count). The van der Waals surface area contributed by atoms with Gasteiger partial charge in [-0.25, -0.2) is 9.18 Å². The zero-order valence-corrected chi connectivity index (χ0v) is 10.3. The van der Waals surface area contributed by atoms with Gasteiger partial charge in [0.15, 0.2) is 0 Å². The molecule has 20 heavy (non-hydrogen) atoms. The minimum absolute atomic E-state index is 0.231. The van der Waals surface area contributed by atoms with Gasteiger partial charge in [0, 0.05) is 6.42 Å². The van der Waals surface area contributed by atoms with Crippen molar-refractivity contribution in [3.05, 3.63) is 29.6 Å². The Morgan fingerprint density at radius 3 is 2.50 bits per heavy atom. The first-order valence-electron chi connectivity index (χ1n) is 5.62. The Morgan fingerprint density at radius 2 is 2.00 bits per heavy atom. The number of nitrogens with two attached hydrogens (primary N) is 1. The minimum atomic E-state index is -1.41. The molecule has 1 aromatic carbocycles. The van der Waals surface area contributed by atoms with Crippen molar-refractivity contribution in [2.75, 3.05) is 0 Å². The molecule has 2 amide bonds. The lowest BCUT2D eigenvalue weighted by Gasteiger charge is -2.14. The number of halogens is 1. The predicted octanol–water partition coefficient (Wildman–Crippen LogP) is -0.0202. The first kappa shape index (κ1) is 15.4. The van der Waals surface area contributed by atoms with E-state index in [9.17, 15) is 23.9 Å². The van der Waals surface area contributed by atoms with Gasteiger partial charge in [-0.05, 0) is 18.6 Å². The van der Waals surface area contributed by atoms with Crippen LogP contribution in [0.2, 0.25) is 0 Å². The molecule has 1 atom stereocenters. The van der Waals surface area contributed by atoms with Crippen LogP contribution in [0.3, 0.4) is 0 Å². The number of phenolic OH excluding ortho intramolecular Hbond substituents is 1. The van der Waals surface area contributed by atoms with Crippen molar-refractivity contribution in [3.63, 3.8) is 0 Å². The Kier molecular flexibility index (Phi) is 5.01. The lowest BCUT2D eigenvalue weighted by molar-refractivity contribution is -0.139. The normalized spacial score (nSPS) is 11.7. The summed E-state index contributed by atoms with van der Waals surface area (Å²) in [7, 11) is 0. The van der Waals surface area contributed by atoms with Crippen LogP contribution < -0.4 is 11.1 Å². The van der Waals surface area contributed by atoms with E-state index in [4.69, 9.17) is 10.8 Å². The Hall–Kier alpha value is -2.64. The summed E-state index contributed by atoms with van der Waals surface area (Å²) < 4.78 is 13.4. The fraction of sp³-hybridized carbons (Fsp3) is 0.250. The number of carbonyl (C=O) groups is 3. The molecular formula is C12H13FN2O5. The smallest absolute Gasteiger partial charge is 0.326 e. The van der Waals surface area contributed by atoms with Gasteiger partial charge in [0.25, 0.3) is 5.91 Å². The summed E-state index contributed by atoms with van der Waals surface area (Å²) in [6, 6.07) is 1.84. The lowest BCUT2D eigenvalue weighted by Crippen LogP contribution is -2.41. The molecule has 0 heterocycles. The summed E-state index contributed by atoms with van der Waals surface area (Å²) in [4.78, 5) is 33.3. The summed E-state index contributed by atoms with van der Waals surface area (Å²) >= 11 is 0. The highest BCUT2D eigenvalue weighted by Crippen LogP contribution is 2.19. The third-order valence-electron chi connectivity index (χ3n) is 2.50. The average molecular weight is 284 g/mol. The number of amides is 2. The van der Waals surface area contributed by atoms with Crippen LogP contribution in [0.1, 0.15) is 23.2 Å². The van der Waals surface area contributed by atoms with E-state index in [0.29, 0.717) is 0 Å². The maximum atomic E-state index is 13.4. The molecule has 1 unspecified atom stereocenters. The molecule has 5 N–H and O–H groups in total. The number of primary amides is 1. The highest BCUT2D eigenvalue weighted by Gasteiger charge is 2.24. The quantitative estimate of drug-likeness (QED) is 0.583. The van der Waals surface area contributed by atoms with E-state index in [1.165, 1.54) is 6.07 Å². The summed E-state index contributed by atoms with van der Waals surface area (Å²) in [6.45, 7) is 0. The van der Waals surface area contributed by atoms with E-state index < -0.39 is 41.0 Å². The Balaban J connectivity index is 2.86. The van der Waals surface area contributed by atoms with Crippen LogP contribution in [0.5, 0.6) is 5.75 Å². The number of carboxylic acids is 1. The van der Waals surface area contributed by atoms with Gasteiger partial charge in [0.05, 0.1) is 0 Å². The van der Waals surface area contributed by atoms with E-state index >= 15 is 0 Å². The van der Waals surface area contributed by atoms with Crippen molar-refractivity contribution in [1.29, 1.82) is 0 Å². The van der Waals surface area contributed by atoms with Crippen LogP contribution in [0.25, 0.3) is 0 Å². The molecule has 0 aliphatic heterocycles. The highest BCUT2D eigenvalue weighted by atomic mass is 19.1. The number of hydrogen-bond acceptors (Lipinski definition) is 4. The van der Waals surface area contributed by atoms with E-state index in [0.717, 1.165) is 12.1 Å². The third-order valence-corrected chi connectivity index (χ3v) is 2.50. The Labute approximate surface area is 113 Å². The number of carboxylic acid groups (broad SMARTS) is 1. The predicted molar refractivity (Wildman–Crippen MR) is 65.4 cm³/mol. The van der Waals surface area contributed by atoms with Crippen molar-refractivity contribution in [2.24, 2.45) is 5.73 Å². The average Bonchev–Trinajstić information content (AvgIpc) is 2.33. The summed E-state index contributed by atoms with van der Waals surface area (Å²) in [5, 5.41) is 20.3. The molecule has 0 saturated heterocycles. The van der Waals surface area contributed by atoms with E-state index in [1.54, 1.807) is 0 Å². The van der Waals surface area contributed by atoms with Crippen LogP contribution in [-0.2, 0) is 9.59 Å². The molecule has 108 valence electrons. The molecule has 8 heteroatoms. The van der Waals surface area contributed by atoms with Gasteiger partial charge in [-0.3, -0.25) is 9.59 Å². The van der Waals surface area contributed by atoms with Crippen molar-refractivity contribution in [1.82, 2.24) is 5.32 Å². The number of hydrogen-bond donors (Lipinski definition) is 4. The zero-order valence-electron chi connectivity index (χ0n) is 10.3. The molecule has 0 fully saturated rings. The number of rotatable bonds is 6. The number of nitrogens with one attached hydrogen (secondary N) is 1. The molecule has 1 aromatic rings. The fourth-order valence-electron chi connectivity index (χ4n) is 1.51. The molecule has 0 aliphatic carbocycles. The van der Waals surface area contributed by atoms with E-state index in [1.807, 2.05) is 5.32 Å². The fourth-order valence-corrected chi connectivity index (χ4v) is 1.51. The van der Waals surface area contributed by atoms with Crippen molar-refractivity contribution in [3.8, 4) is 5.75 Å². The minimum Gasteiger partial charge on any atom is -0.507 e. The first-order valence-corrected chi connectivity index (χ1v) is 5.62. The second kappa shape index (κ2) is 6.50. The number of aromatic hydroxyl groups is 1. The molecular weight excluding hydrogens is 271 g/mol. The number of aliphatic carboxylic acids is 1. The van der Waals surface area contributed by atoms with Gasteiger partial charge >= 0.3 is 5.97 Å². The van der Waals surface area contributed by atoms with Gasteiger partial charge in [-0.2, -0.15) is 0 Å². The maximum Gasteiger partial charge on any atom is 0.326 e. The molecule has 0 aromatic heterocycles. The molecule has 0 aliphatic rings. The van der Waals surface area contributed by atoms with Gasteiger partial charge in [0.1, 0.15) is 23.2 Å². The van der Waals surface area contributed by atoms with Crippen LogP contribution in [0, 0.1) is 5.82 Å². The summed E-state index contributed by atoms with van der Waals surface area (Å²) in [5.74, 6) is -4.80. The van der Waals surface area contributed by atoms with E-state index in [2.05, 4.69) is 0 Å². The highest BCUT2D eigenvalue weighted by molar-refractivity contribution is 5.99. The topological polar surface area (TPSA) is 130 Å². The van der Waals surface area contributed by atoms with E-state index in [-0.39, 0.29) is 12.8 Å². The van der Waals surface area contributed by atoms with Crippen LogP contribution in [0.15, 0.2) is 18.2 Å². The molecule has 0 saturated carbocycles. The number of carbonyl (C=O) groups excluding carboxylic acids is 2. The molecule has 7 nitrogen and oxygen atoms in total. The lowest BCUT2D eigenvalue weighted by atomic mass is 10.1. The van der Waals surface area contributed by atoms with Crippen molar-refractivity contribution >= 4 is 17.8 Å². The molecule has 0 bridgehead atoms. The second-order valence-electron chi connectivity index (χ2n) is 4.00. The van der Waals surface area contributed by atoms with Gasteiger partial charge < -0.3 is 21.3 Å². The Bertz CT molecular complexity index is 526. The largest absolute Gasteiger partial charge is 0.507 e. The Morgan fingerprint density at radius 1 is 1.35 bits per heavy atom.